The summed E-state index contributed by atoms with van der Waals surface area (Å²) in [5.41, 5.74) is 6.93. The van der Waals surface area contributed by atoms with Gasteiger partial charge in [0.25, 0.3) is 0 Å². The molecular formula is C35H34N6O2. The number of hydrogen-bond acceptors (Lipinski definition) is 5. The van der Waals surface area contributed by atoms with Gasteiger partial charge in [0.15, 0.2) is 0 Å². The van der Waals surface area contributed by atoms with E-state index in [2.05, 4.69) is 55.5 Å². The van der Waals surface area contributed by atoms with Crippen LogP contribution in [0.1, 0.15) is 30.9 Å². The summed E-state index contributed by atoms with van der Waals surface area (Å²) in [6, 6.07) is 24.3. The molecule has 8 nitrogen and oxygen atoms in total. The van der Waals surface area contributed by atoms with E-state index < -0.39 is 5.60 Å². The number of aromatic amines is 1. The van der Waals surface area contributed by atoms with Crippen molar-refractivity contribution in [3.8, 4) is 22.5 Å². The molecule has 3 aromatic heterocycles. The van der Waals surface area contributed by atoms with Gasteiger partial charge in [0, 0.05) is 54.4 Å². The van der Waals surface area contributed by atoms with Crippen LogP contribution in [0.2, 0.25) is 0 Å². The number of rotatable bonds is 5. The lowest BCUT2D eigenvalue weighted by atomic mass is 9.93. The monoisotopic (exact) mass is 570 g/mol. The van der Waals surface area contributed by atoms with Gasteiger partial charge in [0.05, 0.1) is 11.3 Å². The number of hydrogen-bond donors (Lipinski definition) is 3. The van der Waals surface area contributed by atoms with E-state index in [-0.39, 0.29) is 6.03 Å². The van der Waals surface area contributed by atoms with Crippen LogP contribution in [0.5, 0.6) is 0 Å². The van der Waals surface area contributed by atoms with E-state index in [1.165, 1.54) is 5.56 Å². The maximum atomic E-state index is 13.1. The standard InChI is InChI=1S/C35H34N6O2/c1-23-28(8-5-9-30(23)39-34(42)41-20-26-6-3-4-7-27(26)21-41)32-29-18-31(38-33(29)37-22-36-32)25-12-10-24(11-13-25)19-40-16-14-35(2,43)15-17-40/h3-13,18,20-22,43H,14-17,19H2,1-2H3,(H,39,42)(H,36,37,38). The summed E-state index contributed by atoms with van der Waals surface area (Å²) in [6.07, 6.45) is 6.87. The molecule has 0 unspecified atom stereocenters. The number of nitrogens with zero attached hydrogens (tertiary/aromatic N) is 4. The molecule has 3 aromatic carbocycles. The van der Waals surface area contributed by atoms with Crippen molar-refractivity contribution >= 4 is 33.5 Å². The fourth-order valence-corrected chi connectivity index (χ4v) is 5.96. The van der Waals surface area contributed by atoms with Gasteiger partial charge in [-0.05, 0) is 66.3 Å². The first-order valence-electron chi connectivity index (χ1n) is 14.7. The number of anilines is 1. The number of aromatic nitrogens is 4. The summed E-state index contributed by atoms with van der Waals surface area (Å²) in [6.45, 7) is 6.63. The topological polar surface area (TPSA) is 99.1 Å². The van der Waals surface area contributed by atoms with Crippen LogP contribution >= 0.6 is 0 Å². The van der Waals surface area contributed by atoms with Gasteiger partial charge in [-0.25, -0.2) is 14.8 Å². The first kappa shape index (κ1) is 27.1. The van der Waals surface area contributed by atoms with Crippen LogP contribution in [0.25, 0.3) is 44.3 Å². The molecule has 43 heavy (non-hydrogen) atoms. The maximum Gasteiger partial charge on any atom is 0.330 e. The molecule has 1 amide bonds. The zero-order chi connectivity index (χ0) is 29.6. The summed E-state index contributed by atoms with van der Waals surface area (Å²) in [7, 11) is 0. The highest BCUT2D eigenvalue weighted by Gasteiger charge is 2.27. The second-order valence-electron chi connectivity index (χ2n) is 11.8. The summed E-state index contributed by atoms with van der Waals surface area (Å²) in [5, 5.41) is 16.3. The smallest absolute Gasteiger partial charge is 0.330 e. The van der Waals surface area contributed by atoms with E-state index in [0.717, 1.165) is 88.0 Å². The Bertz CT molecular complexity index is 1910. The van der Waals surface area contributed by atoms with Crippen molar-refractivity contribution in [1.29, 1.82) is 0 Å². The second kappa shape index (κ2) is 10.8. The largest absolute Gasteiger partial charge is 0.390 e. The number of fused-ring (bicyclic) bond motifs is 2. The minimum atomic E-state index is -0.538. The molecule has 0 aliphatic carbocycles. The third-order valence-corrected chi connectivity index (χ3v) is 8.65. The van der Waals surface area contributed by atoms with Crippen molar-refractivity contribution in [3.63, 3.8) is 0 Å². The number of H-pyrrole nitrogens is 1. The molecule has 216 valence electrons. The SMILES string of the molecule is Cc1c(NC(=O)n2cc3ccccc3c2)cccc1-c1ncnc2[nH]c(-c3ccc(CN4CCC(C)(O)CC4)cc3)cc12. The molecule has 8 heteroatoms. The number of benzene rings is 3. The highest BCUT2D eigenvalue weighted by Crippen LogP contribution is 2.34. The Morgan fingerprint density at radius 1 is 0.977 bits per heavy atom. The van der Waals surface area contributed by atoms with Crippen molar-refractivity contribution in [2.24, 2.45) is 0 Å². The van der Waals surface area contributed by atoms with Gasteiger partial charge in [-0.3, -0.25) is 9.47 Å². The van der Waals surface area contributed by atoms with E-state index >= 15 is 0 Å². The minimum absolute atomic E-state index is 0.219. The molecule has 1 aliphatic rings. The van der Waals surface area contributed by atoms with E-state index in [9.17, 15) is 9.90 Å². The van der Waals surface area contributed by atoms with E-state index in [1.54, 1.807) is 10.9 Å². The third kappa shape index (κ3) is 5.43. The summed E-state index contributed by atoms with van der Waals surface area (Å²) < 4.78 is 1.58. The van der Waals surface area contributed by atoms with Gasteiger partial charge < -0.3 is 15.4 Å². The minimum Gasteiger partial charge on any atom is -0.390 e. The molecule has 6 aromatic rings. The maximum absolute atomic E-state index is 13.1. The zero-order valence-electron chi connectivity index (χ0n) is 24.3. The van der Waals surface area contributed by atoms with Crippen molar-refractivity contribution in [1.82, 2.24) is 24.4 Å². The first-order valence-corrected chi connectivity index (χ1v) is 14.7. The predicted molar refractivity (Wildman–Crippen MR) is 171 cm³/mol. The summed E-state index contributed by atoms with van der Waals surface area (Å²) in [5.74, 6) is 0. The van der Waals surface area contributed by atoms with Crippen molar-refractivity contribution in [3.05, 3.63) is 103 Å². The Kier molecular flexibility index (Phi) is 6.80. The Balaban J connectivity index is 1.13. The van der Waals surface area contributed by atoms with Crippen molar-refractivity contribution < 1.29 is 9.90 Å². The molecule has 0 saturated carbocycles. The fraction of sp³-hybridized carbons (Fsp3) is 0.229. The Morgan fingerprint density at radius 3 is 2.42 bits per heavy atom. The Hall–Kier alpha value is -4.79. The summed E-state index contributed by atoms with van der Waals surface area (Å²) >= 11 is 0. The molecule has 3 N–H and O–H groups in total. The summed E-state index contributed by atoms with van der Waals surface area (Å²) in [4.78, 5) is 28.2. The van der Waals surface area contributed by atoms with Gasteiger partial charge in [-0.1, -0.05) is 60.7 Å². The number of piperidine rings is 1. The van der Waals surface area contributed by atoms with Crippen LogP contribution in [-0.2, 0) is 6.54 Å². The molecule has 7 rings (SSSR count). The zero-order valence-corrected chi connectivity index (χ0v) is 24.3. The molecule has 4 heterocycles. The van der Waals surface area contributed by atoms with Gasteiger partial charge >= 0.3 is 6.03 Å². The quantitative estimate of drug-likeness (QED) is 0.208. The van der Waals surface area contributed by atoms with E-state index in [4.69, 9.17) is 0 Å². The highest BCUT2D eigenvalue weighted by molar-refractivity contribution is 5.99. The predicted octanol–water partition coefficient (Wildman–Crippen LogP) is 6.98. The molecule has 0 bridgehead atoms. The van der Waals surface area contributed by atoms with Crippen LogP contribution < -0.4 is 5.32 Å². The number of nitrogens with one attached hydrogen (secondary N) is 2. The molecule has 0 atom stereocenters. The number of aliphatic hydroxyl groups is 1. The highest BCUT2D eigenvalue weighted by atomic mass is 16.3. The second-order valence-corrected chi connectivity index (χ2v) is 11.8. The van der Waals surface area contributed by atoms with Crippen LogP contribution in [0.4, 0.5) is 10.5 Å². The lowest BCUT2D eigenvalue weighted by Crippen LogP contribution is -2.41. The van der Waals surface area contributed by atoms with Crippen LogP contribution in [0.15, 0.2) is 91.5 Å². The Labute approximate surface area is 250 Å². The number of amides is 1. The van der Waals surface area contributed by atoms with E-state index in [1.807, 2.05) is 68.7 Å². The number of carbonyl (C=O) groups is 1. The number of likely N-dealkylation sites (tertiary alicyclic amines) is 1. The van der Waals surface area contributed by atoms with Crippen LogP contribution in [0.3, 0.4) is 0 Å². The fourth-order valence-electron chi connectivity index (χ4n) is 5.96. The molecule has 0 radical (unpaired) electrons. The lowest BCUT2D eigenvalue weighted by molar-refractivity contribution is -0.00730. The molecule has 1 fully saturated rings. The normalized spacial score (nSPS) is 15.2. The Morgan fingerprint density at radius 2 is 1.70 bits per heavy atom. The molecule has 0 spiro atoms. The van der Waals surface area contributed by atoms with Gasteiger partial charge in [0.1, 0.15) is 12.0 Å². The van der Waals surface area contributed by atoms with Gasteiger partial charge in [-0.15, -0.1) is 0 Å². The van der Waals surface area contributed by atoms with Crippen molar-refractivity contribution in [2.75, 3.05) is 18.4 Å². The lowest BCUT2D eigenvalue weighted by Gasteiger charge is -2.35. The first-order chi connectivity index (χ1) is 20.8. The van der Waals surface area contributed by atoms with Gasteiger partial charge in [0.2, 0.25) is 0 Å². The van der Waals surface area contributed by atoms with E-state index in [0.29, 0.717) is 0 Å². The molecule has 1 saturated heterocycles. The number of carbonyl (C=O) groups excluding carboxylic acids is 1. The van der Waals surface area contributed by atoms with Crippen molar-refractivity contribution in [2.45, 2.75) is 38.8 Å². The van der Waals surface area contributed by atoms with Crippen LogP contribution in [0, 0.1) is 6.92 Å². The average Bonchev–Trinajstić information content (AvgIpc) is 3.65. The van der Waals surface area contributed by atoms with Gasteiger partial charge in [-0.2, -0.15) is 0 Å². The molecular weight excluding hydrogens is 536 g/mol. The molecule has 1 aliphatic heterocycles. The van der Waals surface area contributed by atoms with Crippen LogP contribution in [-0.4, -0.2) is 54.2 Å². The third-order valence-electron chi connectivity index (χ3n) is 8.65. The average molecular weight is 571 g/mol.